The predicted octanol–water partition coefficient (Wildman–Crippen LogP) is 4.23. The number of aryl methyl sites for hydroxylation is 1. The quantitative estimate of drug-likeness (QED) is 0.617. The Bertz CT molecular complexity index is 381. The van der Waals surface area contributed by atoms with Gasteiger partial charge in [-0.05, 0) is 42.2 Å². The Morgan fingerprint density at radius 3 is 2.64 bits per heavy atom. The van der Waals surface area contributed by atoms with Gasteiger partial charge in [0.05, 0.1) is 0 Å². The Morgan fingerprint density at radius 1 is 1.36 bits per heavy atom. The first-order chi connectivity index (χ1) is 6.69. The maximum Gasteiger partial charge on any atom is -0.0184 e. The molecule has 0 radical (unpaired) electrons. The second-order valence-corrected chi connectivity index (χ2v) is 3.30. The molecule has 0 nitrogen and oxygen atoms in total. The largest absolute Gasteiger partial charge is 0.0985 e. The molecule has 1 aromatic rings. The standard InChI is InChI=1S/C14H16/c1-5-7-13-10-14(11(3)6-2)9-8-12(13)4/h5-10H,2-3H2,1,4H3/b7-5-. The van der Waals surface area contributed by atoms with Crippen molar-refractivity contribution in [3.05, 3.63) is 60.2 Å². The molecule has 1 rings (SSSR count). The summed E-state index contributed by atoms with van der Waals surface area (Å²) in [7, 11) is 0. The minimum Gasteiger partial charge on any atom is -0.0985 e. The molecule has 0 spiro atoms. The van der Waals surface area contributed by atoms with Gasteiger partial charge < -0.3 is 0 Å². The second-order valence-electron chi connectivity index (χ2n) is 3.30. The van der Waals surface area contributed by atoms with E-state index in [-0.39, 0.29) is 0 Å². The normalized spacial score (nSPS) is 10.4. The Balaban J connectivity index is 3.18. The van der Waals surface area contributed by atoms with Crippen molar-refractivity contribution in [3.8, 4) is 0 Å². The van der Waals surface area contributed by atoms with E-state index in [0.717, 1.165) is 11.1 Å². The van der Waals surface area contributed by atoms with Gasteiger partial charge in [-0.25, -0.2) is 0 Å². The van der Waals surface area contributed by atoms with Gasteiger partial charge in [0.1, 0.15) is 0 Å². The molecule has 0 atom stereocenters. The first kappa shape index (κ1) is 10.5. The summed E-state index contributed by atoms with van der Waals surface area (Å²) in [4.78, 5) is 0. The van der Waals surface area contributed by atoms with Crippen molar-refractivity contribution in [2.24, 2.45) is 0 Å². The summed E-state index contributed by atoms with van der Waals surface area (Å²) >= 11 is 0. The van der Waals surface area contributed by atoms with Crippen LogP contribution in [0.2, 0.25) is 0 Å². The average molecular weight is 184 g/mol. The first-order valence-corrected chi connectivity index (χ1v) is 4.74. The van der Waals surface area contributed by atoms with E-state index < -0.39 is 0 Å². The summed E-state index contributed by atoms with van der Waals surface area (Å²) in [6.45, 7) is 11.8. The number of hydrogen-bond acceptors (Lipinski definition) is 0. The van der Waals surface area contributed by atoms with Crippen LogP contribution >= 0.6 is 0 Å². The molecule has 0 amide bonds. The zero-order valence-corrected chi connectivity index (χ0v) is 8.88. The molecule has 0 N–H and O–H groups in total. The van der Waals surface area contributed by atoms with Gasteiger partial charge in [0.15, 0.2) is 0 Å². The van der Waals surface area contributed by atoms with Crippen LogP contribution in [0.25, 0.3) is 11.6 Å². The highest BCUT2D eigenvalue weighted by molar-refractivity contribution is 5.73. The van der Waals surface area contributed by atoms with Crippen LogP contribution in [-0.4, -0.2) is 0 Å². The minimum atomic E-state index is 0.968. The molecule has 0 saturated heterocycles. The number of hydrogen-bond donors (Lipinski definition) is 0. The van der Waals surface area contributed by atoms with Gasteiger partial charge in [0.25, 0.3) is 0 Å². The van der Waals surface area contributed by atoms with Crippen molar-refractivity contribution in [1.29, 1.82) is 0 Å². The lowest BCUT2D eigenvalue weighted by molar-refractivity contribution is 1.42. The number of allylic oxidation sites excluding steroid dienone is 3. The Kier molecular flexibility index (Phi) is 3.47. The molecular weight excluding hydrogens is 168 g/mol. The molecule has 0 unspecified atom stereocenters. The second kappa shape index (κ2) is 4.61. The van der Waals surface area contributed by atoms with Gasteiger partial charge in [-0.3, -0.25) is 0 Å². The molecule has 0 fully saturated rings. The lowest BCUT2D eigenvalue weighted by Crippen LogP contribution is -1.85. The monoisotopic (exact) mass is 184 g/mol. The van der Waals surface area contributed by atoms with Gasteiger partial charge >= 0.3 is 0 Å². The summed E-state index contributed by atoms with van der Waals surface area (Å²) in [5, 5.41) is 0. The topological polar surface area (TPSA) is 0 Å². The van der Waals surface area contributed by atoms with Crippen LogP contribution in [0, 0.1) is 6.92 Å². The van der Waals surface area contributed by atoms with Gasteiger partial charge in [-0.2, -0.15) is 0 Å². The minimum absolute atomic E-state index is 0.968. The van der Waals surface area contributed by atoms with E-state index in [1.54, 1.807) is 6.08 Å². The smallest absolute Gasteiger partial charge is 0.0184 e. The first-order valence-electron chi connectivity index (χ1n) is 4.74. The molecule has 0 saturated carbocycles. The molecule has 0 aliphatic heterocycles. The van der Waals surface area contributed by atoms with E-state index in [0.29, 0.717) is 0 Å². The van der Waals surface area contributed by atoms with E-state index in [4.69, 9.17) is 0 Å². The molecule has 0 bridgehead atoms. The molecule has 0 aliphatic carbocycles. The van der Waals surface area contributed by atoms with Crippen LogP contribution in [0.15, 0.2) is 43.5 Å². The number of rotatable bonds is 3. The summed E-state index contributed by atoms with van der Waals surface area (Å²) in [5.41, 5.74) is 4.63. The molecular formula is C14H16. The molecule has 72 valence electrons. The summed E-state index contributed by atoms with van der Waals surface area (Å²) in [5.74, 6) is 0. The third-order valence-electron chi connectivity index (χ3n) is 2.24. The Morgan fingerprint density at radius 2 is 2.07 bits per heavy atom. The highest BCUT2D eigenvalue weighted by atomic mass is 14.0. The van der Waals surface area contributed by atoms with E-state index >= 15 is 0 Å². The third kappa shape index (κ3) is 2.23. The molecule has 14 heavy (non-hydrogen) atoms. The lowest BCUT2D eigenvalue weighted by Gasteiger charge is -2.05. The molecule has 0 heteroatoms. The van der Waals surface area contributed by atoms with E-state index in [9.17, 15) is 0 Å². The molecule has 0 aliphatic rings. The Labute approximate surface area is 86.3 Å². The molecule has 0 heterocycles. The fourth-order valence-electron chi connectivity index (χ4n) is 1.32. The molecule has 0 aromatic heterocycles. The van der Waals surface area contributed by atoms with Crippen LogP contribution < -0.4 is 0 Å². The lowest BCUT2D eigenvalue weighted by atomic mass is 10.0. The molecule has 1 aromatic carbocycles. The van der Waals surface area contributed by atoms with E-state index in [1.165, 1.54) is 11.1 Å². The van der Waals surface area contributed by atoms with E-state index in [2.05, 4.69) is 44.4 Å². The van der Waals surface area contributed by atoms with Crippen LogP contribution in [0.1, 0.15) is 23.6 Å². The van der Waals surface area contributed by atoms with Crippen molar-refractivity contribution < 1.29 is 0 Å². The zero-order chi connectivity index (χ0) is 10.6. The van der Waals surface area contributed by atoms with Crippen molar-refractivity contribution in [3.63, 3.8) is 0 Å². The maximum atomic E-state index is 3.93. The van der Waals surface area contributed by atoms with Crippen LogP contribution in [0.4, 0.5) is 0 Å². The van der Waals surface area contributed by atoms with Crippen LogP contribution in [-0.2, 0) is 0 Å². The van der Waals surface area contributed by atoms with E-state index in [1.807, 2.05) is 13.0 Å². The highest BCUT2D eigenvalue weighted by Crippen LogP contribution is 2.18. The van der Waals surface area contributed by atoms with Crippen molar-refractivity contribution >= 4 is 11.6 Å². The van der Waals surface area contributed by atoms with Gasteiger partial charge in [0.2, 0.25) is 0 Å². The van der Waals surface area contributed by atoms with Gasteiger partial charge in [0, 0.05) is 0 Å². The average Bonchev–Trinajstić information content (AvgIpc) is 2.20. The summed E-state index contributed by atoms with van der Waals surface area (Å²) in [6.07, 6.45) is 5.93. The van der Waals surface area contributed by atoms with Crippen molar-refractivity contribution in [2.75, 3.05) is 0 Å². The van der Waals surface area contributed by atoms with Gasteiger partial charge in [-0.15, -0.1) is 0 Å². The number of benzene rings is 1. The highest BCUT2D eigenvalue weighted by Gasteiger charge is 1.98. The zero-order valence-electron chi connectivity index (χ0n) is 8.88. The van der Waals surface area contributed by atoms with Crippen molar-refractivity contribution in [1.82, 2.24) is 0 Å². The summed E-state index contributed by atoms with van der Waals surface area (Å²) < 4.78 is 0. The Hall–Kier alpha value is -1.56. The maximum absolute atomic E-state index is 3.93. The third-order valence-corrected chi connectivity index (χ3v) is 2.24. The van der Waals surface area contributed by atoms with Crippen LogP contribution in [0.3, 0.4) is 0 Å². The SMILES string of the molecule is C=CC(=C)c1ccc(C)c(/C=C\C)c1. The van der Waals surface area contributed by atoms with Gasteiger partial charge in [-0.1, -0.05) is 43.5 Å². The van der Waals surface area contributed by atoms with Crippen LogP contribution in [0.5, 0.6) is 0 Å². The van der Waals surface area contributed by atoms with Crippen molar-refractivity contribution in [2.45, 2.75) is 13.8 Å². The predicted molar refractivity (Wildman–Crippen MR) is 65.1 cm³/mol. The fourth-order valence-corrected chi connectivity index (χ4v) is 1.32. The fraction of sp³-hybridized carbons (Fsp3) is 0.143. The summed E-state index contributed by atoms with van der Waals surface area (Å²) in [6, 6.07) is 6.32.